The van der Waals surface area contributed by atoms with Crippen LogP contribution < -0.4 is 10.3 Å². The maximum Gasteiger partial charge on any atom is 0.254 e. The molecule has 0 radical (unpaired) electrons. The lowest BCUT2D eigenvalue weighted by molar-refractivity contribution is 0.299. The van der Waals surface area contributed by atoms with E-state index in [1.54, 1.807) is 6.20 Å². The van der Waals surface area contributed by atoms with Crippen molar-refractivity contribution in [2.24, 2.45) is 0 Å². The minimum Gasteiger partial charge on any atom is -0.488 e. The average Bonchev–Trinajstić information content (AvgIpc) is 2.63. The van der Waals surface area contributed by atoms with Gasteiger partial charge in [-0.25, -0.2) is 0 Å². The minimum absolute atomic E-state index is 0.0719. The zero-order valence-corrected chi connectivity index (χ0v) is 13.8. The highest BCUT2D eigenvalue weighted by atomic mass is 16.5. The van der Waals surface area contributed by atoms with E-state index in [0.29, 0.717) is 24.3 Å². The SMILES string of the molecule is CCc1c(OCc2ccccc2)c(Cc2ccccc2)c[nH]c1=O. The van der Waals surface area contributed by atoms with Crippen LogP contribution in [0.5, 0.6) is 5.75 Å². The maximum absolute atomic E-state index is 12.2. The molecule has 2 aromatic carbocycles. The summed E-state index contributed by atoms with van der Waals surface area (Å²) < 4.78 is 6.08. The van der Waals surface area contributed by atoms with Crippen LogP contribution in [0.4, 0.5) is 0 Å². The molecule has 3 rings (SSSR count). The molecule has 1 N–H and O–H groups in total. The second-order valence-electron chi connectivity index (χ2n) is 5.74. The summed E-state index contributed by atoms with van der Waals surface area (Å²) in [6.45, 7) is 2.44. The summed E-state index contributed by atoms with van der Waals surface area (Å²) in [5.41, 5.74) is 3.92. The second kappa shape index (κ2) is 7.64. The molecule has 0 unspecified atom stereocenters. The molecule has 0 saturated carbocycles. The lowest BCUT2D eigenvalue weighted by Gasteiger charge is -2.15. The monoisotopic (exact) mass is 319 g/mol. The summed E-state index contributed by atoms with van der Waals surface area (Å²) >= 11 is 0. The van der Waals surface area contributed by atoms with Crippen molar-refractivity contribution >= 4 is 0 Å². The number of aromatic nitrogens is 1. The Balaban J connectivity index is 1.92. The van der Waals surface area contributed by atoms with Gasteiger partial charge < -0.3 is 9.72 Å². The Hall–Kier alpha value is -2.81. The molecule has 3 aromatic rings. The van der Waals surface area contributed by atoms with E-state index < -0.39 is 0 Å². The molecule has 0 bridgehead atoms. The average molecular weight is 319 g/mol. The van der Waals surface area contributed by atoms with Crippen LogP contribution in [0.25, 0.3) is 0 Å². The topological polar surface area (TPSA) is 42.1 Å². The van der Waals surface area contributed by atoms with Crippen LogP contribution in [0.1, 0.15) is 29.2 Å². The van der Waals surface area contributed by atoms with Crippen LogP contribution >= 0.6 is 0 Å². The van der Waals surface area contributed by atoms with Gasteiger partial charge in [-0.05, 0) is 17.5 Å². The van der Waals surface area contributed by atoms with Gasteiger partial charge in [0.1, 0.15) is 12.4 Å². The molecule has 0 aliphatic rings. The lowest BCUT2D eigenvalue weighted by atomic mass is 10.0. The van der Waals surface area contributed by atoms with Crippen LogP contribution in [0.2, 0.25) is 0 Å². The van der Waals surface area contributed by atoms with Gasteiger partial charge in [0, 0.05) is 18.2 Å². The van der Waals surface area contributed by atoms with E-state index in [-0.39, 0.29) is 5.56 Å². The van der Waals surface area contributed by atoms with Crippen LogP contribution in [0, 0.1) is 0 Å². The molecular formula is C21H21NO2. The van der Waals surface area contributed by atoms with E-state index in [1.807, 2.05) is 55.5 Å². The Labute approximate surface area is 142 Å². The van der Waals surface area contributed by atoms with Gasteiger partial charge in [0.2, 0.25) is 0 Å². The van der Waals surface area contributed by atoms with E-state index in [0.717, 1.165) is 17.5 Å². The molecule has 3 nitrogen and oxygen atoms in total. The fourth-order valence-electron chi connectivity index (χ4n) is 2.78. The Morgan fingerprint density at radius 3 is 2.17 bits per heavy atom. The third kappa shape index (κ3) is 3.74. The van der Waals surface area contributed by atoms with E-state index in [1.165, 1.54) is 5.56 Å². The van der Waals surface area contributed by atoms with Gasteiger partial charge in [-0.3, -0.25) is 4.79 Å². The van der Waals surface area contributed by atoms with Crippen molar-refractivity contribution in [2.75, 3.05) is 0 Å². The molecule has 0 saturated heterocycles. The normalized spacial score (nSPS) is 10.5. The van der Waals surface area contributed by atoms with Crippen molar-refractivity contribution in [1.29, 1.82) is 0 Å². The summed E-state index contributed by atoms with van der Waals surface area (Å²) in [4.78, 5) is 15.0. The summed E-state index contributed by atoms with van der Waals surface area (Å²) in [7, 11) is 0. The van der Waals surface area contributed by atoms with Gasteiger partial charge in [-0.1, -0.05) is 67.6 Å². The molecular weight excluding hydrogens is 298 g/mol. The summed E-state index contributed by atoms with van der Waals surface area (Å²) in [6, 6.07) is 20.2. The van der Waals surface area contributed by atoms with Gasteiger partial charge in [0.15, 0.2) is 0 Å². The molecule has 0 spiro atoms. The van der Waals surface area contributed by atoms with E-state index in [4.69, 9.17) is 4.74 Å². The highest BCUT2D eigenvalue weighted by Crippen LogP contribution is 2.25. The first-order chi connectivity index (χ1) is 11.8. The molecule has 3 heteroatoms. The van der Waals surface area contributed by atoms with Crippen molar-refractivity contribution in [3.63, 3.8) is 0 Å². The number of aromatic amines is 1. The smallest absolute Gasteiger partial charge is 0.254 e. The zero-order chi connectivity index (χ0) is 16.8. The second-order valence-corrected chi connectivity index (χ2v) is 5.74. The van der Waals surface area contributed by atoms with Gasteiger partial charge in [-0.2, -0.15) is 0 Å². The number of benzene rings is 2. The zero-order valence-electron chi connectivity index (χ0n) is 13.8. The highest BCUT2D eigenvalue weighted by Gasteiger charge is 2.13. The molecule has 0 amide bonds. The fraction of sp³-hybridized carbons (Fsp3) is 0.190. The fourth-order valence-corrected chi connectivity index (χ4v) is 2.78. The number of pyridine rings is 1. The first-order valence-electron chi connectivity index (χ1n) is 8.22. The van der Waals surface area contributed by atoms with Gasteiger partial charge in [-0.15, -0.1) is 0 Å². The van der Waals surface area contributed by atoms with Crippen LogP contribution in [-0.2, 0) is 19.4 Å². The molecule has 1 aromatic heterocycles. The van der Waals surface area contributed by atoms with Crippen LogP contribution in [0.3, 0.4) is 0 Å². The molecule has 0 aliphatic carbocycles. The maximum atomic E-state index is 12.2. The number of H-pyrrole nitrogens is 1. The lowest BCUT2D eigenvalue weighted by Crippen LogP contribution is -2.16. The highest BCUT2D eigenvalue weighted by molar-refractivity contribution is 5.42. The molecule has 24 heavy (non-hydrogen) atoms. The summed E-state index contributed by atoms with van der Waals surface area (Å²) in [5.74, 6) is 0.717. The number of ether oxygens (including phenoxy) is 1. The van der Waals surface area contributed by atoms with Crippen molar-refractivity contribution < 1.29 is 4.74 Å². The molecule has 1 heterocycles. The summed E-state index contributed by atoms with van der Waals surface area (Å²) in [6.07, 6.45) is 3.14. The van der Waals surface area contributed by atoms with Crippen LogP contribution in [-0.4, -0.2) is 4.98 Å². The van der Waals surface area contributed by atoms with Gasteiger partial charge in [0.05, 0.1) is 5.56 Å². The number of nitrogens with one attached hydrogen (secondary N) is 1. The summed E-state index contributed by atoms with van der Waals surface area (Å²) in [5, 5.41) is 0. The largest absolute Gasteiger partial charge is 0.488 e. The van der Waals surface area contributed by atoms with E-state index >= 15 is 0 Å². The first-order valence-corrected chi connectivity index (χ1v) is 8.22. The Morgan fingerprint density at radius 1 is 0.917 bits per heavy atom. The molecule has 0 fully saturated rings. The number of rotatable bonds is 6. The van der Waals surface area contributed by atoms with Gasteiger partial charge in [0.25, 0.3) is 5.56 Å². The quantitative estimate of drug-likeness (QED) is 0.743. The third-order valence-electron chi connectivity index (χ3n) is 4.03. The third-order valence-corrected chi connectivity index (χ3v) is 4.03. The van der Waals surface area contributed by atoms with Crippen molar-refractivity contribution in [3.05, 3.63) is 99.5 Å². The standard InChI is InChI=1S/C21H21NO2/c1-2-19-20(24-15-17-11-7-4-8-12-17)18(14-22-21(19)23)13-16-9-5-3-6-10-16/h3-12,14H,2,13,15H2,1H3,(H,22,23). The van der Waals surface area contributed by atoms with E-state index in [9.17, 15) is 4.79 Å². The predicted molar refractivity (Wildman–Crippen MR) is 96.5 cm³/mol. The Bertz CT molecular complexity index is 839. The first kappa shape index (κ1) is 16.1. The number of hydrogen-bond donors (Lipinski definition) is 1. The van der Waals surface area contributed by atoms with Crippen molar-refractivity contribution in [3.8, 4) is 5.75 Å². The molecule has 0 atom stereocenters. The van der Waals surface area contributed by atoms with Crippen molar-refractivity contribution in [2.45, 2.75) is 26.4 Å². The van der Waals surface area contributed by atoms with E-state index in [2.05, 4.69) is 17.1 Å². The van der Waals surface area contributed by atoms with Gasteiger partial charge >= 0.3 is 0 Å². The molecule has 0 aliphatic heterocycles. The predicted octanol–water partition coefficient (Wildman–Crippen LogP) is 4.11. The Morgan fingerprint density at radius 2 is 1.54 bits per heavy atom. The van der Waals surface area contributed by atoms with Crippen LogP contribution in [0.15, 0.2) is 71.7 Å². The number of hydrogen-bond acceptors (Lipinski definition) is 2. The molecule has 122 valence electrons. The minimum atomic E-state index is -0.0719. The Kier molecular flexibility index (Phi) is 5.12. The van der Waals surface area contributed by atoms with Crippen molar-refractivity contribution in [1.82, 2.24) is 4.98 Å².